The number of aliphatic imine (C=N–C) groups is 1. The first kappa shape index (κ1) is 26.6. The van der Waals surface area contributed by atoms with Gasteiger partial charge in [0.05, 0.1) is 12.8 Å². The minimum absolute atomic E-state index is 0.355. The van der Waals surface area contributed by atoms with Crippen LogP contribution in [0.15, 0.2) is 58.1 Å². The number of ether oxygens (including phenoxy) is 1. The quantitative estimate of drug-likeness (QED) is 0.220. The van der Waals surface area contributed by atoms with E-state index in [0.717, 1.165) is 41.1 Å². The first-order valence-corrected chi connectivity index (χ1v) is 14.3. The monoisotopic (exact) mass is 517 g/mol. The number of guanidine groups is 1. The van der Waals surface area contributed by atoms with Crippen molar-refractivity contribution in [2.24, 2.45) is 10.7 Å². The molecular weight excluding hydrogens is 474 g/mol. The summed E-state index contributed by atoms with van der Waals surface area (Å²) in [6.45, 7) is 6.09. The Labute approximate surface area is 227 Å². The molecule has 38 heavy (non-hydrogen) atoms. The topological polar surface area (TPSA) is 70.5 Å². The number of anilines is 2. The smallest absolute Gasteiger partial charge is 0.214 e. The van der Waals surface area contributed by atoms with Crippen LogP contribution in [-0.2, 0) is 6.42 Å². The highest BCUT2D eigenvalue weighted by Crippen LogP contribution is 2.39. The third-order valence-electron chi connectivity index (χ3n) is 8.32. The van der Waals surface area contributed by atoms with Crippen molar-refractivity contribution in [3.63, 3.8) is 0 Å². The average molecular weight is 518 g/mol. The maximum atomic E-state index is 6.42. The number of hydrogen-bond donors (Lipinski definition) is 1. The summed E-state index contributed by atoms with van der Waals surface area (Å²) in [6.07, 6.45) is 12.2. The predicted octanol–water partition coefficient (Wildman–Crippen LogP) is 5.80. The van der Waals surface area contributed by atoms with Crippen LogP contribution in [0.25, 0.3) is 10.8 Å². The van der Waals surface area contributed by atoms with Crippen LogP contribution in [0.5, 0.6) is 5.75 Å². The molecule has 5 rings (SSSR count). The van der Waals surface area contributed by atoms with Crippen LogP contribution in [0.1, 0.15) is 50.5 Å². The predicted molar refractivity (Wildman–Crippen MR) is 157 cm³/mol. The normalized spacial score (nSPS) is 18.2. The molecule has 2 aromatic carbocycles. The SMILES string of the molecule is CN=C(N)N(c1cc(CCCCN2CCN(C3CCCCC3)CC2)ccc1OC)c1occ2ccccc12. The molecule has 2 N–H and O–H groups in total. The number of nitrogens with two attached hydrogens (primary N) is 1. The van der Waals surface area contributed by atoms with E-state index in [4.69, 9.17) is 14.9 Å². The van der Waals surface area contributed by atoms with Gasteiger partial charge in [-0.25, -0.2) is 4.90 Å². The second-order valence-electron chi connectivity index (χ2n) is 10.7. The van der Waals surface area contributed by atoms with Crippen molar-refractivity contribution in [1.82, 2.24) is 9.80 Å². The second-order valence-corrected chi connectivity index (χ2v) is 10.7. The minimum atomic E-state index is 0.355. The molecule has 0 unspecified atom stereocenters. The zero-order valence-corrected chi connectivity index (χ0v) is 23.1. The summed E-state index contributed by atoms with van der Waals surface area (Å²) in [5.74, 6) is 1.73. The first-order valence-electron chi connectivity index (χ1n) is 14.3. The number of methoxy groups -OCH3 is 1. The van der Waals surface area contributed by atoms with Crippen molar-refractivity contribution >= 4 is 28.3 Å². The van der Waals surface area contributed by atoms with E-state index in [2.05, 4.69) is 26.9 Å². The molecule has 7 nitrogen and oxygen atoms in total. The fraction of sp³-hybridized carbons (Fsp3) is 0.516. The number of hydrogen-bond acceptors (Lipinski definition) is 5. The molecule has 1 aliphatic carbocycles. The number of nitrogens with zero attached hydrogens (tertiary/aromatic N) is 4. The van der Waals surface area contributed by atoms with Gasteiger partial charge in [-0.1, -0.05) is 43.5 Å². The van der Waals surface area contributed by atoms with E-state index in [1.807, 2.05) is 35.2 Å². The van der Waals surface area contributed by atoms with Crippen LogP contribution in [0, 0.1) is 0 Å². The number of fused-ring (bicyclic) bond motifs is 1. The molecule has 2 heterocycles. The number of piperazine rings is 1. The Morgan fingerprint density at radius 1 is 1.05 bits per heavy atom. The lowest BCUT2D eigenvalue weighted by molar-refractivity contribution is 0.0782. The van der Waals surface area contributed by atoms with Crippen LogP contribution in [0.3, 0.4) is 0 Å². The van der Waals surface area contributed by atoms with Gasteiger partial charge in [-0.15, -0.1) is 0 Å². The van der Waals surface area contributed by atoms with Crippen LogP contribution in [-0.4, -0.2) is 68.7 Å². The summed E-state index contributed by atoms with van der Waals surface area (Å²) in [5, 5.41) is 2.00. The zero-order valence-electron chi connectivity index (χ0n) is 23.1. The Morgan fingerprint density at radius 3 is 2.61 bits per heavy atom. The third-order valence-corrected chi connectivity index (χ3v) is 8.32. The Bertz CT molecular complexity index is 1210. The van der Waals surface area contributed by atoms with Crippen molar-refractivity contribution in [1.29, 1.82) is 0 Å². The number of unbranched alkanes of at least 4 members (excludes halogenated alkanes) is 1. The Kier molecular flexibility index (Phi) is 8.86. The van der Waals surface area contributed by atoms with Crippen LogP contribution in [0.4, 0.5) is 11.6 Å². The number of furan rings is 1. The second kappa shape index (κ2) is 12.7. The molecule has 3 aromatic rings. The number of aryl methyl sites for hydroxylation is 1. The molecule has 204 valence electrons. The van der Waals surface area contributed by atoms with Gasteiger partial charge in [0.15, 0.2) is 0 Å². The third kappa shape index (κ3) is 6.00. The van der Waals surface area contributed by atoms with Gasteiger partial charge in [-0.3, -0.25) is 9.89 Å². The van der Waals surface area contributed by atoms with Gasteiger partial charge in [-0.05, 0) is 62.4 Å². The molecule has 1 saturated heterocycles. The summed E-state index contributed by atoms with van der Waals surface area (Å²) in [5.41, 5.74) is 8.52. The van der Waals surface area contributed by atoms with Gasteiger partial charge in [0.2, 0.25) is 11.8 Å². The van der Waals surface area contributed by atoms with Crippen molar-refractivity contribution in [3.05, 3.63) is 54.3 Å². The summed E-state index contributed by atoms with van der Waals surface area (Å²) < 4.78 is 11.7. The molecule has 0 spiro atoms. The molecule has 1 saturated carbocycles. The summed E-state index contributed by atoms with van der Waals surface area (Å²) in [7, 11) is 3.38. The fourth-order valence-electron chi connectivity index (χ4n) is 6.12. The van der Waals surface area contributed by atoms with E-state index in [0.29, 0.717) is 11.8 Å². The molecule has 1 aromatic heterocycles. The standard InChI is InChI=1S/C31H43N5O2/c1-33-31(32)36(30-27-14-7-6-11-25(27)23-38-30)28-22-24(15-16-29(28)37-2)10-8-9-17-34-18-20-35(21-19-34)26-12-4-3-5-13-26/h6-7,11,14-16,22-23,26H,3-5,8-10,12-13,17-21H2,1-2H3,(H2,32,33). The lowest BCUT2D eigenvalue weighted by Crippen LogP contribution is -2.50. The zero-order chi connectivity index (χ0) is 26.3. The maximum Gasteiger partial charge on any atom is 0.214 e. The van der Waals surface area contributed by atoms with Gasteiger partial charge >= 0.3 is 0 Å². The van der Waals surface area contributed by atoms with Crippen molar-refractivity contribution in [2.45, 2.75) is 57.4 Å². The van der Waals surface area contributed by atoms with E-state index in [-0.39, 0.29) is 0 Å². The highest BCUT2D eigenvalue weighted by molar-refractivity contribution is 6.08. The lowest BCUT2D eigenvalue weighted by atomic mass is 9.94. The number of rotatable bonds is 9. The van der Waals surface area contributed by atoms with Gasteiger partial charge in [0, 0.05) is 50.0 Å². The van der Waals surface area contributed by atoms with E-state index in [1.54, 1.807) is 20.4 Å². The molecule has 0 bridgehead atoms. The molecule has 7 heteroatoms. The van der Waals surface area contributed by atoms with Crippen molar-refractivity contribution in [3.8, 4) is 5.75 Å². The highest BCUT2D eigenvalue weighted by Gasteiger charge is 2.25. The average Bonchev–Trinajstić information content (AvgIpc) is 3.40. The van der Waals surface area contributed by atoms with E-state index in [9.17, 15) is 0 Å². The highest BCUT2D eigenvalue weighted by atomic mass is 16.5. The van der Waals surface area contributed by atoms with Crippen LogP contribution >= 0.6 is 0 Å². The largest absolute Gasteiger partial charge is 0.495 e. The van der Waals surface area contributed by atoms with E-state index in [1.165, 1.54) is 76.8 Å². The first-order chi connectivity index (χ1) is 18.7. The molecule has 0 atom stereocenters. The molecule has 1 aliphatic heterocycles. The van der Waals surface area contributed by atoms with E-state index >= 15 is 0 Å². The summed E-state index contributed by atoms with van der Waals surface area (Å²) >= 11 is 0. The van der Waals surface area contributed by atoms with Crippen LogP contribution < -0.4 is 15.4 Å². The van der Waals surface area contributed by atoms with Gasteiger partial charge < -0.3 is 19.8 Å². The van der Waals surface area contributed by atoms with Crippen molar-refractivity contribution in [2.75, 3.05) is 51.8 Å². The minimum Gasteiger partial charge on any atom is -0.495 e. The number of benzene rings is 2. The molecule has 0 radical (unpaired) electrons. The molecule has 0 amide bonds. The summed E-state index contributed by atoms with van der Waals surface area (Å²) in [6, 6.07) is 15.3. The molecular formula is C31H43N5O2. The van der Waals surface area contributed by atoms with E-state index < -0.39 is 0 Å². The molecule has 2 aliphatic rings. The molecule has 2 fully saturated rings. The Morgan fingerprint density at radius 2 is 1.84 bits per heavy atom. The fourth-order valence-corrected chi connectivity index (χ4v) is 6.12. The van der Waals surface area contributed by atoms with Crippen LogP contribution in [0.2, 0.25) is 0 Å². The van der Waals surface area contributed by atoms with Gasteiger partial charge in [0.1, 0.15) is 12.0 Å². The van der Waals surface area contributed by atoms with Gasteiger partial charge in [-0.2, -0.15) is 0 Å². The Balaban J connectivity index is 1.21. The van der Waals surface area contributed by atoms with Crippen molar-refractivity contribution < 1.29 is 9.15 Å². The maximum absolute atomic E-state index is 6.42. The Hall–Kier alpha value is -3.03. The summed E-state index contributed by atoms with van der Waals surface area (Å²) in [4.78, 5) is 11.6. The lowest BCUT2D eigenvalue weighted by Gasteiger charge is -2.40. The van der Waals surface area contributed by atoms with Gasteiger partial charge in [0.25, 0.3) is 0 Å².